The van der Waals surface area contributed by atoms with E-state index in [2.05, 4.69) is 33.0 Å². The molecule has 11 heavy (non-hydrogen) atoms. The van der Waals surface area contributed by atoms with Crippen LogP contribution in [-0.2, 0) is 0 Å². The molecular formula is C9H22N2. The summed E-state index contributed by atoms with van der Waals surface area (Å²) < 4.78 is 0. The summed E-state index contributed by atoms with van der Waals surface area (Å²) in [4.78, 5) is 0. The molecule has 0 saturated heterocycles. The average Bonchev–Trinajstić information content (AvgIpc) is 1.86. The first-order chi connectivity index (χ1) is 4.83. The van der Waals surface area contributed by atoms with E-state index in [1.165, 1.54) is 0 Å². The van der Waals surface area contributed by atoms with E-state index in [9.17, 15) is 0 Å². The molecule has 0 heterocycles. The Balaban J connectivity index is 4.02. The fraction of sp³-hybridized carbons (Fsp3) is 1.00. The zero-order valence-electron chi connectivity index (χ0n) is 8.49. The molecule has 0 aromatic heterocycles. The maximum atomic E-state index is 5.64. The van der Waals surface area contributed by atoms with Crippen LogP contribution in [0.25, 0.3) is 0 Å². The molecule has 0 radical (unpaired) electrons. The van der Waals surface area contributed by atoms with E-state index >= 15 is 0 Å². The lowest BCUT2D eigenvalue weighted by molar-refractivity contribution is 0.239. The fourth-order valence-electron chi connectivity index (χ4n) is 1.36. The Morgan fingerprint density at radius 3 is 1.91 bits per heavy atom. The van der Waals surface area contributed by atoms with Crippen LogP contribution in [0.15, 0.2) is 0 Å². The predicted octanol–water partition coefficient (Wildman–Crippen LogP) is 1.36. The highest BCUT2D eigenvalue weighted by atomic mass is 14.9. The van der Waals surface area contributed by atoms with E-state index in [1.54, 1.807) is 0 Å². The molecule has 0 atom stereocenters. The van der Waals surface area contributed by atoms with Crippen molar-refractivity contribution in [2.24, 2.45) is 11.1 Å². The molecule has 0 amide bonds. The molecule has 3 N–H and O–H groups in total. The van der Waals surface area contributed by atoms with Crippen molar-refractivity contribution in [2.45, 2.75) is 39.7 Å². The van der Waals surface area contributed by atoms with Gasteiger partial charge in [0.2, 0.25) is 0 Å². The maximum absolute atomic E-state index is 5.64. The topological polar surface area (TPSA) is 38.0 Å². The molecule has 0 aliphatic carbocycles. The van der Waals surface area contributed by atoms with E-state index in [0.717, 1.165) is 13.0 Å². The van der Waals surface area contributed by atoms with Crippen LogP contribution < -0.4 is 11.1 Å². The van der Waals surface area contributed by atoms with Crippen molar-refractivity contribution in [1.29, 1.82) is 0 Å². The molecule has 0 unspecified atom stereocenters. The highest BCUT2D eigenvalue weighted by molar-refractivity contribution is 4.84. The molecule has 0 aliphatic heterocycles. The molecule has 0 spiro atoms. The molecule has 2 nitrogen and oxygen atoms in total. The van der Waals surface area contributed by atoms with Crippen molar-refractivity contribution in [3.63, 3.8) is 0 Å². The summed E-state index contributed by atoms with van der Waals surface area (Å²) in [6, 6.07) is 0. The second-order valence-electron chi connectivity index (χ2n) is 4.68. The lowest BCUT2D eigenvalue weighted by Crippen LogP contribution is -2.42. The van der Waals surface area contributed by atoms with Gasteiger partial charge in [0.15, 0.2) is 0 Å². The van der Waals surface area contributed by atoms with Gasteiger partial charge < -0.3 is 11.1 Å². The Morgan fingerprint density at radius 1 is 1.18 bits per heavy atom. The van der Waals surface area contributed by atoms with Gasteiger partial charge in [0.25, 0.3) is 0 Å². The Morgan fingerprint density at radius 2 is 1.64 bits per heavy atom. The molecule has 0 aliphatic rings. The Labute approximate surface area is 70.5 Å². The van der Waals surface area contributed by atoms with Crippen molar-refractivity contribution in [3.05, 3.63) is 0 Å². The number of nitrogens with one attached hydrogen (secondary N) is 1. The van der Waals surface area contributed by atoms with Gasteiger partial charge >= 0.3 is 0 Å². The molecular weight excluding hydrogens is 136 g/mol. The van der Waals surface area contributed by atoms with Crippen molar-refractivity contribution in [2.75, 3.05) is 13.6 Å². The minimum absolute atomic E-state index is 0.197. The van der Waals surface area contributed by atoms with Crippen molar-refractivity contribution in [1.82, 2.24) is 5.32 Å². The summed E-state index contributed by atoms with van der Waals surface area (Å²) in [5.41, 5.74) is 6.08. The number of hydrogen-bond acceptors (Lipinski definition) is 2. The van der Waals surface area contributed by atoms with Gasteiger partial charge in [-0.1, -0.05) is 13.8 Å². The SMILES string of the molecule is CNC(C)(C)CC(C)(C)CN. The van der Waals surface area contributed by atoms with Crippen LogP contribution in [-0.4, -0.2) is 19.1 Å². The Kier molecular flexibility index (Phi) is 3.52. The molecule has 0 fully saturated rings. The van der Waals surface area contributed by atoms with Crippen LogP contribution in [0.3, 0.4) is 0 Å². The lowest BCUT2D eigenvalue weighted by atomic mass is 9.80. The van der Waals surface area contributed by atoms with E-state index in [-0.39, 0.29) is 11.0 Å². The van der Waals surface area contributed by atoms with Gasteiger partial charge in [0.05, 0.1) is 0 Å². The van der Waals surface area contributed by atoms with E-state index in [4.69, 9.17) is 5.73 Å². The highest BCUT2D eigenvalue weighted by Crippen LogP contribution is 2.25. The number of rotatable bonds is 4. The van der Waals surface area contributed by atoms with Crippen LogP contribution in [0.5, 0.6) is 0 Å². The van der Waals surface area contributed by atoms with Gasteiger partial charge in [0.1, 0.15) is 0 Å². The maximum Gasteiger partial charge on any atom is 0.0127 e. The van der Waals surface area contributed by atoms with E-state index < -0.39 is 0 Å². The standard InChI is InChI=1S/C9H22N2/c1-8(2,7-10)6-9(3,4)11-5/h11H,6-7,10H2,1-5H3. The van der Waals surface area contributed by atoms with Crippen LogP contribution >= 0.6 is 0 Å². The summed E-state index contributed by atoms with van der Waals surface area (Å²) in [5, 5.41) is 3.28. The smallest absolute Gasteiger partial charge is 0.0127 e. The van der Waals surface area contributed by atoms with Crippen molar-refractivity contribution in [3.8, 4) is 0 Å². The molecule has 0 rings (SSSR count). The van der Waals surface area contributed by atoms with Crippen LogP contribution in [0.2, 0.25) is 0 Å². The third-order valence-electron chi connectivity index (χ3n) is 2.15. The van der Waals surface area contributed by atoms with Crippen molar-refractivity contribution < 1.29 is 0 Å². The van der Waals surface area contributed by atoms with E-state index in [1.807, 2.05) is 7.05 Å². The Hall–Kier alpha value is -0.0800. The minimum atomic E-state index is 0.197. The molecule has 2 heteroatoms. The van der Waals surface area contributed by atoms with Crippen molar-refractivity contribution >= 4 is 0 Å². The van der Waals surface area contributed by atoms with Gasteiger partial charge in [-0.05, 0) is 39.3 Å². The average molecular weight is 158 g/mol. The van der Waals surface area contributed by atoms with Crippen LogP contribution in [0, 0.1) is 5.41 Å². The first-order valence-corrected chi connectivity index (χ1v) is 4.22. The number of nitrogens with two attached hydrogens (primary N) is 1. The third kappa shape index (κ3) is 4.38. The second kappa shape index (κ2) is 3.55. The zero-order chi connectivity index (χ0) is 9.12. The monoisotopic (exact) mass is 158 g/mol. The number of hydrogen-bond donors (Lipinski definition) is 2. The lowest BCUT2D eigenvalue weighted by Gasteiger charge is -2.33. The summed E-state index contributed by atoms with van der Waals surface area (Å²) >= 11 is 0. The first-order valence-electron chi connectivity index (χ1n) is 4.22. The zero-order valence-corrected chi connectivity index (χ0v) is 8.49. The highest BCUT2D eigenvalue weighted by Gasteiger charge is 2.25. The summed E-state index contributed by atoms with van der Waals surface area (Å²) in [6.45, 7) is 9.55. The summed E-state index contributed by atoms with van der Waals surface area (Å²) in [5.74, 6) is 0. The summed E-state index contributed by atoms with van der Waals surface area (Å²) in [6.07, 6.45) is 1.10. The third-order valence-corrected chi connectivity index (χ3v) is 2.15. The van der Waals surface area contributed by atoms with E-state index in [0.29, 0.717) is 0 Å². The van der Waals surface area contributed by atoms with Gasteiger partial charge in [-0.15, -0.1) is 0 Å². The molecule has 68 valence electrons. The molecule has 0 bridgehead atoms. The molecule has 0 aromatic rings. The molecule has 0 saturated carbocycles. The van der Waals surface area contributed by atoms with Gasteiger partial charge in [0, 0.05) is 5.54 Å². The normalized spacial score (nSPS) is 13.6. The Bertz CT molecular complexity index is 103. The van der Waals surface area contributed by atoms with Gasteiger partial charge in [-0.25, -0.2) is 0 Å². The van der Waals surface area contributed by atoms with Crippen LogP contribution in [0.1, 0.15) is 34.1 Å². The van der Waals surface area contributed by atoms with Crippen LogP contribution in [0.4, 0.5) is 0 Å². The second-order valence-corrected chi connectivity index (χ2v) is 4.68. The largest absolute Gasteiger partial charge is 0.330 e. The minimum Gasteiger partial charge on any atom is -0.330 e. The quantitative estimate of drug-likeness (QED) is 0.648. The predicted molar refractivity (Wildman–Crippen MR) is 50.6 cm³/mol. The van der Waals surface area contributed by atoms with Gasteiger partial charge in [-0.3, -0.25) is 0 Å². The first kappa shape index (κ1) is 10.9. The fourth-order valence-corrected chi connectivity index (χ4v) is 1.36. The van der Waals surface area contributed by atoms with Gasteiger partial charge in [-0.2, -0.15) is 0 Å². The molecule has 0 aromatic carbocycles. The summed E-state index contributed by atoms with van der Waals surface area (Å²) in [7, 11) is 1.99.